The van der Waals surface area contributed by atoms with Crippen LogP contribution in [0.4, 0.5) is 10.1 Å². The molecule has 0 unspecified atom stereocenters. The van der Waals surface area contributed by atoms with Crippen molar-refractivity contribution in [1.29, 1.82) is 0 Å². The standard InChI is InChI=1S/C13H20FN3O4S2/c1-15-10-5-7-17(8-6-10)23(20,21)11-3-4-13(12(14)9-11)16-22(2,18)19/h3-4,9-10,15-16H,5-8H2,1-2H3. The van der Waals surface area contributed by atoms with Crippen LogP contribution in [0.5, 0.6) is 0 Å². The van der Waals surface area contributed by atoms with Crippen molar-refractivity contribution < 1.29 is 21.2 Å². The van der Waals surface area contributed by atoms with E-state index in [1.54, 1.807) is 0 Å². The van der Waals surface area contributed by atoms with E-state index in [1.807, 2.05) is 11.8 Å². The normalized spacial score (nSPS) is 18.0. The molecule has 0 bridgehead atoms. The van der Waals surface area contributed by atoms with Crippen LogP contribution in [-0.2, 0) is 20.0 Å². The summed E-state index contributed by atoms with van der Waals surface area (Å²) in [5.74, 6) is -0.929. The van der Waals surface area contributed by atoms with E-state index >= 15 is 0 Å². The number of sulfonamides is 2. The highest BCUT2D eigenvalue weighted by atomic mass is 32.2. The molecule has 1 saturated heterocycles. The molecule has 0 spiro atoms. The Morgan fingerprint density at radius 3 is 2.26 bits per heavy atom. The van der Waals surface area contributed by atoms with Crippen LogP contribution in [-0.4, -0.2) is 53.6 Å². The van der Waals surface area contributed by atoms with Crippen LogP contribution in [0, 0.1) is 5.82 Å². The van der Waals surface area contributed by atoms with E-state index in [-0.39, 0.29) is 16.6 Å². The number of hydrogen-bond donors (Lipinski definition) is 2. The Hall–Kier alpha value is -1.23. The van der Waals surface area contributed by atoms with Crippen molar-refractivity contribution in [2.45, 2.75) is 23.8 Å². The minimum absolute atomic E-state index is 0.183. The minimum atomic E-state index is -3.79. The van der Waals surface area contributed by atoms with Gasteiger partial charge in [0.05, 0.1) is 16.8 Å². The Morgan fingerprint density at radius 1 is 1.17 bits per heavy atom. The van der Waals surface area contributed by atoms with Crippen molar-refractivity contribution in [2.75, 3.05) is 31.1 Å². The van der Waals surface area contributed by atoms with Crippen LogP contribution >= 0.6 is 0 Å². The van der Waals surface area contributed by atoms with Gasteiger partial charge in [-0.1, -0.05) is 0 Å². The van der Waals surface area contributed by atoms with Gasteiger partial charge in [-0.15, -0.1) is 0 Å². The summed E-state index contributed by atoms with van der Waals surface area (Å²) in [5, 5.41) is 3.11. The maximum absolute atomic E-state index is 14.0. The topological polar surface area (TPSA) is 95.6 Å². The third-order valence-electron chi connectivity index (χ3n) is 3.74. The van der Waals surface area contributed by atoms with Gasteiger partial charge in [-0.2, -0.15) is 4.31 Å². The zero-order valence-corrected chi connectivity index (χ0v) is 14.5. The highest BCUT2D eigenvalue weighted by Gasteiger charge is 2.29. The molecule has 0 aromatic heterocycles. The Kier molecular flexibility index (Phi) is 5.29. The number of rotatable bonds is 5. The summed E-state index contributed by atoms with van der Waals surface area (Å²) in [7, 11) is -5.59. The van der Waals surface area contributed by atoms with Crippen LogP contribution in [0.3, 0.4) is 0 Å². The fourth-order valence-corrected chi connectivity index (χ4v) is 4.52. The maximum Gasteiger partial charge on any atom is 0.243 e. The lowest BCUT2D eigenvalue weighted by molar-refractivity contribution is 0.298. The lowest BCUT2D eigenvalue weighted by Gasteiger charge is -2.31. The summed E-state index contributed by atoms with van der Waals surface area (Å²) in [6, 6.07) is 3.44. The fraction of sp³-hybridized carbons (Fsp3) is 0.538. The Morgan fingerprint density at radius 2 is 1.78 bits per heavy atom. The third kappa shape index (κ3) is 4.40. The number of piperidine rings is 1. The third-order valence-corrected chi connectivity index (χ3v) is 6.22. The van der Waals surface area contributed by atoms with Gasteiger partial charge in [-0.05, 0) is 38.1 Å². The summed E-state index contributed by atoms with van der Waals surface area (Å²) in [4.78, 5) is -0.183. The van der Waals surface area contributed by atoms with Crippen LogP contribution in [0.25, 0.3) is 0 Å². The number of halogens is 1. The van der Waals surface area contributed by atoms with Crippen molar-refractivity contribution in [2.24, 2.45) is 0 Å². The molecule has 0 amide bonds. The largest absolute Gasteiger partial charge is 0.317 e. The smallest absolute Gasteiger partial charge is 0.243 e. The number of anilines is 1. The minimum Gasteiger partial charge on any atom is -0.317 e. The fourth-order valence-electron chi connectivity index (χ4n) is 2.47. The van der Waals surface area contributed by atoms with Gasteiger partial charge in [0, 0.05) is 19.1 Å². The van der Waals surface area contributed by atoms with Crippen molar-refractivity contribution in [1.82, 2.24) is 9.62 Å². The molecule has 10 heteroatoms. The van der Waals surface area contributed by atoms with Crippen molar-refractivity contribution in [3.8, 4) is 0 Å². The van der Waals surface area contributed by atoms with E-state index in [4.69, 9.17) is 0 Å². The molecule has 0 atom stereocenters. The zero-order chi connectivity index (χ0) is 17.3. The lowest BCUT2D eigenvalue weighted by atomic mass is 10.1. The first kappa shape index (κ1) is 18.1. The summed E-state index contributed by atoms with van der Waals surface area (Å²) in [6.07, 6.45) is 2.26. The molecule has 0 radical (unpaired) electrons. The van der Waals surface area contributed by atoms with Gasteiger partial charge in [0.15, 0.2) is 0 Å². The quantitative estimate of drug-likeness (QED) is 0.795. The Balaban J connectivity index is 2.22. The zero-order valence-electron chi connectivity index (χ0n) is 12.9. The molecule has 1 aromatic rings. The lowest BCUT2D eigenvalue weighted by Crippen LogP contribution is -2.43. The molecular weight excluding hydrogens is 345 g/mol. The molecule has 130 valence electrons. The van der Waals surface area contributed by atoms with Gasteiger partial charge < -0.3 is 5.32 Å². The highest BCUT2D eigenvalue weighted by molar-refractivity contribution is 7.92. The van der Waals surface area contributed by atoms with E-state index in [0.29, 0.717) is 25.9 Å². The van der Waals surface area contributed by atoms with Crippen LogP contribution in [0.15, 0.2) is 23.1 Å². The van der Waals surface area contributed by atoms with Crippen LogP contribution in [0.1, 0.15) is 12.8 Å². The van der Waals surface area contributed by atoms with Crippen LogP contribution in [0.2, 0.25) is 0 Å². The SMILES string of the molecule is CNC1CCN(S(=O)(=O)c2ccc(NS(C)(=O)=O)c(F)c2)CC1. The molecule has 2 N–H and O–H groups in total. The second-order valence-electron chi connectivity index (χ2n) is 5.48. The second kappa shape index (κ2) is 6.71. The van der Waals surface area contributed by atoms with Gasteiger partial charge in [-0.25, -0.2) is 21.2 Å². The molecule has 23 heavy (non-hydrogen) atoms. The molecule has 2 rings (SSSR count). The van der Waals surface area contributed by atoms with Crippen LogP contribution < -0.4 is 10.0 Å². The molecule has 1 aliphatic rings. The van der Waals surface area contributed by atoms with E-state index in [9.17, 15) is 21.2 Å². The predicted octanol–water partition coefficient (Wildman–Crippen LogP) is 0.570. The summed E-state index contributed by atoms with van der Waals surface area (Å²) >= 11 is 0. The summed E-state index contributed by atoms with van der Waals surface area (Å²) in [6.45, 7) is 0.720. The molecule has 1 fully saturated rings. The molecule has 1 heterocycles. The van der Waals surface area contributed by atoms with Crippen molar-refractivity contribution in [3.63, 3.8) is 0 Å². The van der Waals surface area contributed by atoms with E-state index in [2.05, 4.69) is 5.32 Å². The molecule has 1 aromatic carbocycles. The van der Waals surface area contributed by atoms with E-state index < -0.39 is 25.9 Å². The monoisotopic (exact) mass is 365 g/mol. The molecule has 7 nitrogen and oxygen atoms in total. The highest BCUT2D eigenvalue weighted by Crippen LogP contribution is 2.24. The molecular formula is C13H20FN3O4S2. The first-order chi connectivity index (χ1) is 10.6. The maximum atomic E-state index is 14.0. The van der Waals surface area contributed by atoms with E-state index in [1.165, 1.54) is 10.4 Å². The first-order valence-electron chi connectivity index (χ1n) is 7.08. The van der Waals surface area contributed by atoms with Gasteiger partial charge in [0.25, 0.3) is 0 Å². The van der Waals surface area contributed by atoms with E-state index in [0.717, 1.165) is 18.4 Å². The number of benzene rings is 1. The van der Waals surface area contributed by atoms with Crippen molar-refractivity contribution in [3.05, 3.63) is 24.0 Å². The number of nitrogens with zero attached hydrogens (tertiary/aromatic N) is 1. The average molecular weight is 365 g/mol. The van der Waals surface area contributed by atoms with Gasteiger partial charge >= 0.3 is 0 Å². The van der Waals surface area contributed by atoms with Gasteiger partial charge in [-0.3, -0.25) is 4.72 Å². The Bertz CT molecular complexity index is 772. The van der Waals surface area contributed by atoms with Crippen molar-refractivity contribution >= 4 is 25.7 Å². The first-order valence-corrected chi connectivity index (χ1v) is 10.4. The molecule has 1 aliphatic heterocycles. The van der Waals surface area contributed by atoms with Gasteiger partial charge in [0.1, 0.15) is 5.82 Å². The molecule has 0 saturated carbocycles. The Labute approximate surface area is 136 Å². The second-order valence-corrected chi connectivity index (χ2v) is 9.17. The number of nitrogens with one attached hydrogen (secondary N) is 2. The number of hydrogen-bond acceptors (Lipinski definition) is 5. The van der Waals surface area contributed by atoms with Gasteiger partial charge in [0.2, 0.25) is 20.0 Å². The molecule has 0 aliphatic carbocycles. The predicted molar refractivity (Wildman–Crippen MR) is 85.7 cm³/mol. The summed E-state index contributed by atoms with van der Waals surface area (Å²) in [5.41, 5.74) is -0.277. The summed E-state index contributed by atoms with van der Waals surface area (Å²) < 4.78 is 64.6. The average Bonchev–Trinajstić information content (AvgIpc) is 2.48.